The van der Waals surface area contributed by atoms with Crippen molar-refractivity contribution in [2.45, 2.75) is 6.92 Å². The van der Waals surface area contributed by atoms with Crippen molar-refractivity contribution in [3.8, 4) is 0 Å². The van der Waals surface area contributed by atoms with E-state index < -0.39 is 0 Å². The Balaban J connectivity index is 2.73. The van der Waals surface area contributed by atoms with Gasteiger partial charge in [0.15, 0.2) is 5.12 Å². The summed E-state index contributed by atoms with van der Waals surface area (Å²) in [4.78, 5) is 10.7. The van der Waals surface area contributed by atoms with E-state index in [1.54, 1.807) is 0 Å². The number of carbonyl (C=O) groups excluding carboxylic acids is 1. The van der Waals surface area contributed by atoms with Gasteiger partial charge in [-0.25, -0.2) is 0 Å². The molecule has 0 saturated carbocycles. The van der Waals surface area contributed by atoms with Crippen molar-refractivity contribution in [2.75, 3.05) is 0 Å². The maximum atomic E-state index is 10.7. The number of hydrogen-bond acceptors (Lipinski definition) is 3. The molecule has 3 heteroatoms. The maximum absolute atomic E-state index is 10.7. The number of carbonyl (C=O) groups is 1. The summed E-state index contributed by atoms with van der Waals surface area (Å²) in [6.07, 6.45) is 0. The quantitative estimate of drug-likeness (QED) is 0.643. The molecule has 1 aromatic carbocycles. The SMILES string of the molecule is CC(=O)SC(=S)c1ccccc1. The monoisotopic (exact) mass is 196 g/mol. The molecule has 62 valence electrons. The van der Waals surface area contributed by atoms with Gasteiger partial charge in [-0.05, 0) is 17.3 Å². The van der Waals surface area contributed by atoms with Crippen LogP contribution >= 0.6 is 24.0 Å². The third-order valence-electron chi connectivity index (χ3n) is 1.25. The van der Waals surface area contributed by atoms with E-state index in [0.29, 0.717) is 4.20 Å². The van der Waals surface area contributed by atoms with Crippen molar-refractivity contribution in [1.29, 1.82) is 0 Å². The molecule has 0 aromatic heterocycles. The zero-order valence-electron chi connectivity index (χ0n) is 6.61. The minimum Gasteiger partial charge on any atom is -0.287 e. The van der Waals surface area contributed by atoms with E-state index in [0.717, 1.165) is 17.3 Å². The Morgan fingerprint density at radius 2 is 1.92 bits per heavy atom. The standard InChI is InChI=1S/C9H8OS2/c1-7(10)12-9(11)8-5-3-2-4-6-8/h2-6H,1H3. The molecule has 0 unspecified atom stereocenters. The van der Waals surface area contributed by atoms with Crippen LogP contribution in [0.3, 0.4) is 0 Å². The molecule has 0 aliphatic carbocycles. The summed E-state index contributed by atoms with van der Waals surface area (Å²) in [5, 5.41) is 0.0313. The van der Waals surface area contributed by atoms with Crippen molar-refractivity contribution in [2.24, 2.45) is 0 Å². The van der Waals surface area contributed by atoms with Crippen molar-refractivity contribution >= 4 is 33.3 Å². The highest BCUT2D eigenvalue weighted by molar-refractivity contribution is 8.33. The van der Waals surface area contributed by atoms with E-state index in [1.165, 1.54) is 6.92 Å². The Labute approximate surface area is 81.2 Å². The summed E-state index contributed by atoms with van der Waals surface area (Å²) in [7, 11) is 0. The second kappa shape index (κ2) is 4.38. The summed E-state index contributed by atoms with van der Waals surface area (Å²) in [5.41, 5.74) is 0.938. The largest absolute Gasteiger partial charge is 0.287 e. The van der Waals surface area contributed by atoms with Gasteiger partial charge in [-0.15, -0.1) is 0 Å². The lowest BCUT2D eigenvalue weighted by atomic mass is 10.2. The van der Waals surface area contributed by atoms with Crippen LogP contribution in [0, 0.1) is 0 Å². The lowest BCUT2D eigenvalue weighted by Gasteiger charge is -1.98. The summed E-state index contributed by atoms with van der Waals surface area (Å²) in [6, 6.07) is 9.53. The molecule has 0 saturated heterocycles. The lowest BCUT2D eigenvalue weighted by Crippen LogP contribution is -1.94. The maximum Gasteiger partial charge on any atom is 0.191 e. The van der Waals surface area contributed by atoms with E-state index in [2.05, 4.69) is 0 Å². The van der Waals surface area contributed by atoms with Gasteiger partial charge in [0.25, 0.3) is 0 Å². The molecule has 0 spiro atoms. The lowest BCUT2D eigenvalue weighted by molar-refractivity contribution is -0.109. The Bertz CT molecular complexity index is 293. The van der Waals surface area contributed by atoms with Crippen LogP contribution in [0.2, 0.25) is 0 Å². The number of thioether (sulfide) groups is 1. The Kier molecular flexibility index (Phi) is 3.44. The molecule has 1 nitrogen and oxygen atoms in total. The Morgan fingerprint density at radius 1 is 1.33 bits per heavy atom. The molecule has 0 bridgehead atoms. The molecule has 12 heavy (non-hydrogen) atoms. The highest BCUT2D eigenvalue weighted by atomic mass is 32.2. The van der Waals surface area contributed by atoms with Crippen LogP contribution in [0.4, 0.5) is 0 Å². The van der Waals surface area contributed by atoms with Crippen LogP contribution in [0.25, 0.3) is 0 Å². The van der Waals surface area contributed by atoms with Gasteiger partial charge in [-0.2, -0.15) is 0 Å². The fourth-order valence-electron chi connectivity index (χ4n) is 0.764. The van der Waals surface area contributed by atoms with Crippen LogP contribution in [0.5, 0.6) is 0 Å². The van der Waals surface area contributed by atoms with Crippen molar-refractivity contribution < 1.29 is 4.79 Å². The van der Waals surface area contributed by atoms with Crippen LogP contribution in [-0.4, -0.2) is 9.31 Å². The van der Waals surface area contributed by atoms with Crippen LogP contribution < -0.4 is 0 Å². The minimum atomic E-state index is 0.0313. The molecule has 1 rings (SSSR count). The summed E-state index contributed by atoms with van der Waals surface area (Å²) >= 11 is 6.14. The molecule has 0 fully saturated rings. The van der Waals surface area contributed by atoms with Gasteiger partial charge < -0.3 is 0 Å². The van der Waals surface area contributed by atoms with E-state index in [-0.39, 0.29) is 5.12 Å². The van der Waals surface area contributed by atoms with E-state index in [9.17, 15) is 4.79 Å². The Hall–Kier alpha value is -0.670. The van der Waals surface area contributed by atoms with Gasteiger partial charge in [0.1, 0.15) is 0 Å². The predicted octanol–water partition coefficient (Wildman–Crippen LogP) is 2.64. The average molecular weight is 196 g/mol. The van der Waals surface area contributed by atoms with Crippen molar-refractivity contribution in [3.63, 3.8) is 0 Å². The number of thiocarbonyl (C=S) groups is 1. The molecule has 1 aromatic rings. The molecule has 0 N–H and O–H groups in total. The smallest absolute Gasteiger partial charge is 0.191 e. The van der Waals surface area contributed by atoms with E-state index in [1.807, 2.05) is 30.3 Å². The fraction of sp³-hybridized carbons (Fsp3) is 0.111. The van der Waals surface area contributed by atoms with Crippen LogP contribution in [0.15, 0.2) is 30.3 Å². The van der Waals surface area contributed by atoms with E-state index in [4.69, 9.17) is 12.2 Å². The first-order valence-corrected chi connectivity index (χ1v) is 4.70. The predicted molar refractivity (Wildman–Crippen MR) is 56.4 cm³/mol. The van der Waals surface area contributed by atoms with Gasteiger partial charge in [0, 0.05) is 6.92 Å². The first kappa shape index (κ1) is 9.42. The van der Waals surface area contributed by atoms with Gasteiger partial charge in [0.05, 0.1) is 4.20 Å². The average Bonchev–Trinajstić information content (AvgIpc) is 2.05. The summed E-state index contributed by atoms with van der Waals surface area (Å²) in [6.45, 7) is 1.51. The molecule has 0 atom stereocenters. The van der Waals surface area contributed by atoms with Crippen molar-refractivity contribution in [1.82, 2.24) is 0 Å². The topological polar surface area (TPSA) is 17.1 Å². The third-order valence-corrected chi connectivity index (χ3v) is 2.44. The number of hydrogen-bond donors (Lipinski definition) is 0. The number of rotatable bonds is 1. The van der Waals surface area contributed by atoms with Crippen LogP contribution in [0.1, 0.15) is 12.5 Å². The molecule has 0 aliphatic rings. The Morgan fingerprint density at radius 3 is 2.42 bits per heavy atom. The van der Waals surface area contributed by atoms with Gasteiger partial charge in [-0.3, -0.25) is 4.79 Å². The molecular weight excluding hydrogens is 188 g/mol. The zero-order valence-corrected chi connectivity index (χ0v) is 8.24. The first-order valence-electron chi connectivity index (χ1n) is 3.48. The molecule has 0 radical (unpaired) electrons. The minimum absolute atomic E-state index is 0.0313. The highest BCUT2D eigenvalue weighted by Gasteiger charge is 2.03. The number of benzene rings is 1. The van der Waals surface area contributed by atoms with Crippen molar-refractivity contribution in [3.05, 3.63) is 35.9 Å². The molecule has 0 amide bonds. The van der Waals surface area contributed by atoms with Gasteiger partial charge in [0.2, 0.25) is 0 Å². The normalized spacial score (nSPS) is 9.42. The summed E-state index contributed by atoms with van der Waals surface area (Å²) < 4.78 is 0.642. The molecule has 0 heterocycles. The summed E-state index contributed by atoms with van der Waals surface area (Å²) in [5.74, 6) is 0. The third kappa shape index (κ3) is 2.75. The fourth-order valence-corrected chi connectivity index (χ4v) is 1.77. The first-order chi connectivity index (χ1) is 5.70. The van der Waals surface area contributed by atoms with E-state index >= 15 is 0 Å². The molecular formula is C9H8OS2. The van der Waals surface area contributed by atoms with Gasteiger partial charge >= 0.3 is 0 Å². The zero-order chi connectivity index (χ0) is 8.97. The van der Waals surface area contributed by atoms with Crippen LogP contribution in [-0.2, 0) is 4.79 Å². The van der Waals surface area contributed by atoms with Gasteiger partial charge in [-0.1, -0.05) is 42.5 Å². The highest BCUT2D eigenvalue weighted by Crippen LogP contribution is 2.13. The molecule has 0 aliphatic heterocycles. The second-order valence-corrected chi connectivity index (χ2v) is 4.10. The second-order valence-electron chi connectivity index (χ2n) is 2.25.